The number of fused-ring (bicyclic) bond motifs is 1. The van der Waals surface area contributed by atoms with Gasteiger partial charge in [-0.1, -0.05) is 49.7 Å². The molecule has 0 aliphatic heterocycles. The van der Waals surface area contributed by atoms with Crippen LogP contribution in [0.3, 0.4) is 0 Å². The van der Waals surface area contributed by atoms with Gasteiger partial charge in [-0.15, -0.1) is 0 Å². The topological polar surface area (TPSA) is 41.1 Å². The van der Waals surface area contributed by atoms with Crippen molar-refractivity contribution in [2.45, 2.75) is 26.2 Å². The van der Waals surface area contributed by atoms with Crippen molar-refractivity contribution in [2.75, 3.05) is 5.43 Å². The molecular formula is C15H18N2O. The second-order valence-electron chi connectivity index (χ2n) is 4.30. The van der Waals surface area contributed by atoms with Crippen LogP contribution in [0.25, 0.3) is 10.8 Å². The number of carbonyl (C=O) groups is 1. The van der Waals surface area contributed by atoms with E-state index >= 15 is 0 Å². The third-order valence-corrected chi connectivity index (χ3v) is 2.88. The fourth-order valence-corrected chi connectivity index (χ4v) is 1.87. The zero-order valence-corrected chi connectivity index (χ0v) is 10.6. The van der Waals surface area contributed by atoms with Crippen LogP contribution in [0.15, 0.2) is 42.5 Å². The number of hydrogen-bond donors (Lipinski definition) is 2. The number of carbonyl (C=O) groups excluding carboxylic acids is 1. The normalized spacial score (nSPS) is 10.3. The molecule has 2 aromatic rings. The molecule has 0 bridgehead atoms. The van der Waals surface area contributed by atoms with E-state index in [1.54, 1.807) is 0 Å². The number of unbranched alkanes of at least 4 members (excludes halogenated alkanes) is 1. The van der Waals surface area contributed by atoms with E-state index in [9.17, 15) is 4.79 Å². The predicted molar refractivity (Wildman–Crippen MR) is 75.2 cm³/mol. The van der Waals surface area contributed by atoms with E-state index in [4.69, 9.17) is 0 Å². The second kappa shape index (κ2) is 6.05. The lowest BCUT2D eigenvalue weighted by atomic mass is 10.1. The molecule has 3 nitrogen and oxygen atoms in total. The molecule has 2 aromatic carbocycles. The Kier molecular flexibility index (Phi) is 4.18. The van der Waals surface area contributed by atoms with Crippen molar-refractivity contribution in [3.05, 3.63) is 42.5 Å². The summed E-state index contributed by atoms with van der Waals surface area (Å²) in [5.41, 5.74) is 6.66. The van der Waals surface area contributed by atoms with Crippen molar-refractivity contribution < 1.29 is 4.79 Å². The minimum Gasteiger partial charge on any atom is -0.298 e. The van der Waals surface area contributed by atoms with E-state index < -0.39 is 0 Å². The molecule has 0 aliphatic carbocycles. The molecule has 0 saturated carbocycles. The van der Waals surface area contributed by atoms with Crippen LogP contribution < -0.4 is 10.9 Å². The van der Waals surface area contributed by atoms with Crippen LogP contribution in [-0.4, -0.2) is 5.91 Å². The van der Waals surface area contributed by atoms with Gasteiger partial charge in [-0.3, -0.25) is 15.6 Å². The minimum absolute atomic E-state index is 0.0322. The maximum atomic E-state index is 11.5. The molecule has 18 heavy (non-hydrogen) atoms. The van der Waals surface area contributed by atoms with Gasteiger partial charge in [0.05, 0.1) is 5.69 Å². The number of anilines is 1. The second-order valence-corrected chi connectivity index (χ2v) is 4.30. The van der Waals surface area contributed by atoms with Gasteiger partial charge in [-0.2, -0.15) is 0 Å². The summed E-state index contributed by atoms with van der Waals surface area (Å²) in [6, 6.07) is 14.1. The Morgan fingerprint density at radius 1 is 1.11 bits per heavy atom. The Balaban J connectivity index is 2.05. The molecule has 0 aromatic heterocycles. The average molecular weight is 242 g/mol. The van der Waals surface area contributed by atoms with Crippen LogP contribution in [0.4, 0.5) is 5.69 Å². The Labute approximate surface area is 107 Å². The molecule has 2 N–H and O–H groups in total. The van der Waals surface area contributed by atoms with Crippen LogP contribution in [-0.2, 0) is 4.79 Å². The maximum Gasteiger partial charge on any atom is 0.238 e. The zero-order chi connectivity index (χ0) is 12.8. The van der Waals surface area contributed by atoms with E-state index in [0.717, 1.165) is 29.3 Å². The highest BCUT2D eigenvalue weighted by Crippen LogP contribution is 2.22. The fourth-order valence-electron chi connectivity index (χ4n) is 1.87. The highest BCUT2D eigenvalue weighted by atomic mass is 16.2. The van der Waals surface area contributed by atoms with E-state index in [1.807, 2.05) is 30.3 Å². The number of hydrogen-bond acceptors (Lipinski definition) is 2. The molecule has 0 aliphatic rings. The van der Waals surface area contributed by atoms with Crippen molar-refractivity contribution in [3.8, 4) is 0 Å². The van der Waals surface area contributed by atoms with E-state index in [-0.39, 0.29) is 5.91 Å². The van der Waals surface area contributed by atoms with Gasteiger partial charge >= 0.3 is 0 Å². The number of amides is 1. The van der Waals surface area contributed by atoms with Gasteiger partial charge in [0.1, 0.15) is 0 Å². The van der Waals surface area contributed by atoms with Gasteiger partial charge in [0.25, 0.3) is 0 Å². The summed E-state index contributed by atoms with van der Waals surface area (Å²) in [7, 11) is 0. The third kappa shape index (κ3) is 3.00. The van der Waals surface area contributed by atoms with Crippen LogP contribution in [0.5, 0.6) is 0 Å². The summed E-state index contributed by atoms with van der Waals surface area (Å²) in [4.78, 5) is 11.5. The van der Waals surface area contributed by atoms with Gasteiger partial charge in [-0.05, 0) is 17.9 Å². The van der Waals surface area contributed by atoms with Gasteiger partial charge < -0.3 is 0 Å². The van der Waals surface area contributed by atoms with E-state index in [1.165, 1.54) is 0 Å². The molecule has 0 radical (unpaired) electrons. The summed E-state index contributed by atoms with van der Waals surface area (Å²) in [6.07, 6.45) is 2.51. The summed E-state index contributed by atoms with van der Waals surface area (Å²) in [6.45, 7) is 2.07. The molecule has 1 amide bonds. The molecule has 94 valence electrons. The first kappa shape index (κ1) is 12.4. The highest BCUT2D eigenvalue weighted by Gasteiger charge is 2.02. The number of rotatable bonds is 5. The molecule has 0 spiro atoms. The Hall–Kier alpha value is -2.03. The molecule has 0 saturated heterocycles. The first-order valence-electron chi connectivity index (χ1n) is 6.34. The van der Waals surface area contributed by atoms with Gasteiger partial charge in [-0.25, -0.2) is 0 Å². The quantitative estimate of drug-likeness (QED) is 0.788. The third-order valence-electron chi connectivity index (χ3n) is 2.88. The van der Waals surface area contributed by atoms with Crippen molar-refractivity contribution in [1.82, 2.24) is 5.43 Å². The summed E-state index contributed by atoms with van der Waals surface area (Å²) in [5, 5.41) is 2.26. The SMILES string of the molecule is CCCCC(=O)NNc1cccc2ccccc12. The lowest BCUT2D eigenvalue weighted by Gasteiger charge is -2.10. The highest BCUT2D eigenvalue weighted by molar-refractivity contribution is 5.94. The van der Waals surface area contributed by atoms with Crippen molar-refractivity contribution in [1.29, 1.82) is 0 Å². The lowest BCUT2D eigenvalue weighted by molar-refractivity contribution is -0.120. The van der Waals surface area contributed by atoms with Gasteiger partial charge in [0, 0.05) is 11.8 Å². The van der Waals surface area contributed by atoms with Crippen molar-refractivity contribution in [2.24, 2.45) is 0 Å². The Morgan fingerprint density at radius 3 is 2.72 bits per heavy atom. The number of benzene rings is 2. The molecule has 0 atom stereocenters. The van der Waals surface area contributed by atoms with Gasteiger partial charge in [0.2, 0.25) is 5.91 Å². The fraction of sp³-hybridized carbons (Fsp3) is 0.267. The molecule has 2 rings (SSSR count). The van der Waals surface area contributed by atoms with Crippen LogP contribution >= 0.6 is 0 Å². The van der Waals surface area contributed by atoms with Crippen LogP contribution in [0.1, 0.15) is 26.2 Å². The lowest BCUT2D eigenvalue weighted by Crippen LogP contribution is -2.29. The molecule has 0 fully saturated rings. The van der Waals surface area contributed by atoms with Crippen LogP contribution in [0, 0.1) is 0 Å². The summed E-state index contributed by atoms with van der Waals surface area (Å²) >= 11 is 0. The first-order chi connectivity index (χ1) is 8.81. The number of hydrazine groups is 1. The number of nitrogens with one attached hydrogen (secondary N) is 2. The van der Waals surface area contributed by atoms with E-state index in [2.05, 4.69) is 29.9 Å². The Bertz CT molecular complexity index is 532. The standard InChI is InChI=1S/C15H18N2O/c1-2-3-11-15(18)17-16-14-10-6-8-12-7-4-5-9-13(12)14/h4-10,16H,2-3,11H2,1H3,(H,17,18). The molecule has 0 heterocycles. The predicted octanol–water partition coefficient (Wildman–Crippen LogP) is 3.47. The summed E-state index contributed by atoms with van der Waals surface area (Å²) in [5.74, 6) is 0.0322. The minimum atomic E-state index is 0.0322. The Morgan fingerprint density at radius 2 is 1.89 bits per heavy atom. The average Bonchev–Trinajstić information content (AvgIpc) is 2.42. The zero-order valence-electron chi connectivity index (χ0n) is 10.6. The van der Waals surface area contributed by atoms with Crippen molar-refractivity contribution >= 4 is 22.4 Å². The monoisotopic (exact) mass is 242 g/mol. The molecule has 3 heteroatoms. The largest absolute Gasteiger partial charge is 0.298 e. The van der Waals surface area contributed by atoms with Gasteiger partial charge in [0.15, 0.2) is 0 Å². The van der Waals surface area contributed by atoms with Crippen molar-refractivity contribution in [3.63, 3.8) is 0 Å². The van der Waals surface area contributed by atoms with Crippen LogP contribution in [0.2, 0.25) is 0 Å². The molecule has 0 unspecified atom stereocenters. The van der Waals surface area contributed by atoms with E-state index in [0.29, 0.717) is 6.42 Å². The maximum absolute atomic E-state index is 11.5. The summed E-state index contributed by atoms with van der Waals surface area (Å²) < 4.78 is 0. The first-order valence-corrected chi connectivity index (χ1v) is 6.34. The smallest absolute Gasteiger partial charge is 0.238 e. The molecular weight excluding hydrogens is 224 g/mol.